The number of pyridine rings is 1. The number of halogens is 2. The molecule has 0 aliphatic carbocycles. The van der Waals surface area contributed by atoms with Gasteiger partial charge >= 0.3 is 6.05 Å². The molecule has 3 nitrogen and oxygen atoms in total. The van der Waals surface area contributed by atoms with E-state index >= 15 is 0 Å². The molecule has 2 aromatic carbocycles. The Hall–Kier alpha value is -3.08. The number of hydrogen-bond donors (Lipinski definition) is 0. The molecule has 0 saturated heterocycles. The number of amides is 1. The summed E-state index contributed by atoms with van der Waals surface area (Å²) in [6.07, 6.45) is 2.13. The minimum atomic E-state index is -3.26. The Balaban J connectivity index is 1.49. The van der Waals surface area contributed by atoms with Gasteiger partial charge in [-0.1, -0.05) is 42.5 Å². The molecule has 0 unspecified atom stereocenters. The Morgan fingerprint density at radius 3 is 2.44 bits per heavy atom. The molecule has 0 radical (unpaired) electrons. The first-order valence-corrected chi connectivity index (χ1v) is 8.78. The topological polar surface area (TPSA) is 33.2 Å². The Morgan fingerprint density at radius 2 is 1.74 bits per heavy atom. The summed E-state index contributed by atoms with van der Waals surface area (Å²) in [5.74, 6) is -0.612. The van der Waals surface area contributed by atoms with Gasteiger partial charge in [-0.05, 0) is 48.2 Å². The quantitative estimate of drug-likeness (QED) is 0.623. The van der Waals surface area contributed by atoms with Crippen molar-refractivity contribution in [2.45, 2.75) is 19.4 Å². The van der Waals surface area contributed by atoms with Crippen LogP contribution in [-0.2, 0) is 12.5 Å². The summed E-state index contributed by atoms with van der Waals surface area (Å²) in [7, 11) is 0. The fourth-order valence-electron chi connectivity index (χ4n) is 3.42. The highest BCUT2D eigenvalue weighted by atomic mass is 19.3. The van der Waals surface area contributed by atoms with Gasteiger partial charge < -0.3 is 0 Å². The van der Waals surface area contributed by atoms with Crippen LogP contribution in [0.5, 0.6) is 0 Å². The first kappa shape index (κ1) is 17.3. The number of hydrogen-bond acceptors (Lipinski definition) is 2. The Bertz CT molecular complexity index is 999. The number of nitrogens with zero attached hydrogens (tertiary/aromatic N) is 2. The highest BCUT2D eigenvalue weighted by Gasteiger charge is 2.50. The molecule has 1 aliphatic heterocycles. The van der Waals surface area contributed by atoms with E-state index in [-0.39, 0.29) is 17.7 Å². The number of alkyl halides is 2. The lowest BCUT2D eigenvalue weighted by molar-refractivity contribution is -0.121. The largest absolute Gasteiger partial charge is 0.355 e. The van der Waals surface area contributed by atoms with Gasteiger partial charge in [0.1, 0.15) is 0 Å². The summed E-state index contributed by atoms with van der Waals surface area (Å²) < 4.78 is 29.2. The van der Waals surface area contributed by atoms with E-state index in [2.05, 4.69) is 4.98 Å². The first-order chi connectivity index (χ1) is 13.0. The van der Waals surface area contributed by atoms with E-state index in [0.717, 1.165) is 22.4 Å². The van der Waals surface area contributed by atoms with Crippen LogP contribution in [0.4, 0.5) is 8.78 Å². The molecule has 0 bridgehead atoms. The molecule has 3 aromatic rings. The molecule has 4 rings (SSSR count). The van der Waals surface area contributed by atoms with Crippen LogP contribution in [0.3, 0.4) is 0 Å². The third-order valence-corrected chi connectivity index (χ3v) is 4.87. The van der Waals surface area contributed by atoms with E-state index in [0.29, 0.717) is 11.3 Å². The number of fused-ring (bicyclic) bond motifs is 1. The van der Waals surface area contributed by atoms with E-state index in [4.69, 9.17) is 0 Å². The molecule has 1 aromatic heterocycles. The zero-order valence-corrected chi connectivity index (χ0v) is 14.8. The normalized spacial score (nSPS) is 15.1. The number of aromatic nitrogens is 1. The maximum Gasteiger partial charge on any atom is 0.355 e. The van der Waals surface area contributed by atoms with Gasteiger partial charge in [0.05, 0.1) is 11.1 Å². The van der Waals surface area contributed by atoms with Crippen LogP contribution >= 0.6 is 0 Å². The second-order valence-corrected chi connectivity index (χ2v) is 6.68. The van der Waals surface area contributed by atoms with Gasteiger partial charge in [-0.3, -0.25) is 14.7 Å². The molecule has 0 N–H and O–H groups in total. The average molecular weight is 364 g/mol. The third-order valence-electron chi connectivity index (χ3n) is 4.87. The van der Waals surface area contributed by atoms with Gasteiger partial charge in [-0.15, -0.1) is 0 Å². The summed E-state index contributed by atoms with van der Waals surface area (Å²) in [6, 6.07) is 14.3. The van der Waals surface area contributed by atoms with Crippen molar-refractivity contribution in [2.75, 3.05) is 6.54 Å². The average Bonchev–Trinajstić information content (AvgIpc) is 2.87. The van der Waals surface area contributed by atoms with Crippen molar-refractivity contribution in [3.8, 4) is 11.1 Å². The van der Waals surface area contributed by atoms with Crippen molar-refractivity contribution in [3.05, 3.63) is 89.2 Å². The van der Waals surface area contributed by atoms with Crippen LogP contribution < -0.4 is 0 Å². The summed E-state index contributed by atoms with van der Waals surface area (Å²) >= 11 is 0. The molecule has 2 heterocycles. The van der Waals surface area contributed by atoms with Crippen molar-refractivity contribution in [1.82, 2.24) is 9.88 Å². The van der Waals surface area contributed by atoms with Gasteiger partial charge in [0.25, 0.3) is 5.91 Å². The van der Waals surface area contributed by atoms with Gasteiger partial charge in [-0.25, -0.2) is 0 Å². The van der Waals surface area contributed by atoms with Crippen LogP contribution in [0.25, 0.3) is 11.1 Å². The molecule has 0 fully saturated rings. The molecular weight excluding hydrogens is 346 g/mol. The standard InChI is InChI=1S/C22H18F2N2O/c1-15-14-18(10-12-25-15)17-8-6-16(7-9-17)11-13-26-21(27)19-4-2-3-5-20(19)22(26,23)24/h2-10,12,14H,11,13H2,1H3. The van der Waals surface area contributed by atoms with Crippen molar-refractivity contribution in [1.29, 1.82) is 0 Å². The van der Waals surface area contributed by atoms with E-state index in [1.54, 1.807) is 12.3 Å². The van der Waals surface area contributed by atoms with Crippen molar-refractivity contribution in [3.63, 3.8) is 0 Å². The molecular formula is C22H18F2N2O. The number of aryl methyl sites for hydroxylation is 1. The monoisotopic (exact) mass is 364 g/mol. The highest BCUT2D eigenvalue weighted by Crippen LogP contribution is 2.41. The second-order valence-electron chi connectivity index (χ2n) is 6.68. The fourth-order valence-corrected chi connectivity index (χ4v) is 3.42. The van der Waals surface area contributed by atoms with Gasteiger partial charge in [-0.2, -0.15) is 8.78 Å². The Morgan fingerprint density at radius 1 is 1.00 bits per heavy atom. The minimum absolute atomic E-state index is 0.0335. The lowest BCUT2D eigenvalue weighted by Crippen LogP contribution is -2.38. The van der Waals surface area contributed by atoms with E-state index in [1.165, 1.54) is 18.2 Å². The molecule has 0 saturated carbocycles. The van der Waals surface area contributed by atoms with Crippen LogP contribution in [0, 0.1) is 6.92 Å². The van der Waals surface area contributed by atoms with Crippen molar-refractivity contribution < 1.29 is 13.6 Å². The van der Waals surface area contributed by atoms with Crippen molar-refractivity contribution in [2.24, 2.45) is 0 Å². The van der Waals surface area contributed by atoms with E-state index in [9.17, 15) is 13.6 Å². The van der Waals surface area contributed by atoms with Gasteiger partial charge in [0.2, 0.25) is 0 Å². The van der Waals surface area contributed by atoms with Crippen LogP contribution in [0.15, 0.2) is 66.9 Å². The van der Waals surface area contributed by atoms with Crippen LogP contribution in [0.2, 0.25) is 0 Å². The summed E-state index contributed by atoms with van der Waals surface area (Å²) in [5, 5.41) is 0. The zero-order valence-electron chi connectivity index (χ0n) is 14.8. The summed E-state index contributed by atoms with van der Waals surface area (Å²) in [5.41, 5.74) is 3.82. The number of rotatable bonds is 4. The smallest absolute Gasteiger partial charge is 0.275 e. The number of carbonyl (C=O) groups is 1. The Labute approximate surface area is 156 Å². The highest BCUT2D eigenvalue weighted by molar-refractivity contribution is 5.99. The van der Waals surface area contributed by atoms with E-state index in [1.807, 2.05) is 43.3 Å². The van der Waals surface area contributed by atoms with Crippen LogP contribution in [0.1, 0.15) is 27.2 Å². The molecule has 1 amide bonds. The molecule has 0 atom stereocenters. The van der Waals surface area contributed by atoms with E-state index < -0.39 is 12.0 Å². The lowest BCUT2D eigenvalue weighted by Gasteiger charge is -2.24. The van der Waals surface area contributed by atoms with Crippen molar-refractivity contribution >= 4 is 5.91 Å². The SMILES string of the molecule is Cc1cc(-c2ccc(CCN3C(=O)c4ccccc4C3(F)F)cc2)ccn1. The lowest BCUT2D eigenvalue weighted by atomic mass is 10.0. The Kier molecular flexibility index (Phi) is 4.22. The third kappa shape index (κ3) is 3.10. The molecule has 1 aliphatic rings. The number of benzene rings is 2. The predicted molar refractivity (Wildman–Crippen MR) is 99.5 cm³/mol. The maximum absolute atomic E-state index is 14.6. The minimum Gasteiger partial charge on any atom is -0.275 e. The van der Waals surface area contributed by atoms with Gasteiger partial charge in [0, 0.05) is 18.4 Å². The summed E-state index contributed by atoms with van der Waals surface area (Å²) in [4.78, 5) is 17.2. The fraction of sp³-hybridized carbons (Fsp3) is 0.182. The molecule has 0 spiro atoms. The summed E-state index contributed by atoms with van der Waals surface area (Å²) in [6.45, 7) is 1.90. The maximum atomic E-state index is 14.6. The molecule has 27 heavy (non-hydrogen) atoms. The zero-order chi connectivity index (χ0) is 19.0. The first-order valence-electron chi connectivity index (χ1n) is 8.78. The van der Waals surface area contributed by atoms with Crippen LogP contribution in [-0.4, -0.2) is 22.3 Å². The second kappa shape index (κ2) is 6.58. The van der Waals surface area contributed by atoms with Gasteiger partial charge in [0.15, 0.2) is 0 Å². The number of carbonyl (C=O) groups excluding carboxylic acids is 1. The predicted octanol–water partition coefficient (Wildman–Crippen LogP) is 4.80. The molecule has 5 heteroatoms. The molecule has 136 valence electrons.